The number of morpholine rings is 1. The first-order valence-electron chi connectivity index (χ1n) is 7.32. The molecular formula is C16H24N2O3. The summed E-state index contributed by atoms with van der Waals surface area (Å²) in [6.45, 7) is 4.18. The number of ether oxygens (including phenoxy) is 2. The Morgan fingerprint density at radius 1 is 1.48 bits per heavy atom. The van der Waals surface area contributed by atoms with E-state index in [1.165, 1.54) is 0 Å². The average molecular weight is 292 g/mol. The maximum atomic E-state index is 12.4. The fourth-order valence-electron chi connectivity index (χ4n) is 2.43. The van der Waals surface area contributed by atoms with Crippen molar-refractivity contribution >= 4 is 5.91 Å². The van der Waals surface area contributed by atoms with Crippen molar-refractivity contribution in [3.8, 4) is 5.75 Å². The molecule has 1 aliphatic heterocycles. The minimum Gasteiger partial charge on any atom is -0.497 e. The summed E-state index contributed by atoms with van der Waals surface area (Å²) >= 11 is 0. The molecule has 5 nitrogen and oxygen atoms in total. The minimum absolute atomic E-state index is 0.0351. The molecule has 1 heterocycles. The molecule has 116 valence electrons. The fourth-order valence-corrected chi connectivity index (χ4v) is 2.43. The molecular weight excluding hydrogens is 268 g/mol. The molecule has 2 unspecified atom stereocenters. The van der Waals surface area contributed by atoms with Crippen LogP contribution in [0.5, 0.6) is 5.75 Å². The highest BCUT2D eigenvalue weighted by molar-refractivity contribution is 5.77. The SMILES string of the molecule is COc1ccc(C(C)N(C)C(=O)CC2COCCN2)cc1. The number of hydrogen-bond donors (Lipinski definition) is 1. The Bertz CT molecular complexity index is 455. The van der Waals surface area contributed by atoms with Gasteiger partial charge in [0.1, 0.15) is 5.75 Å². The Hall–Kier alpha value is -1.59. The lowest BCUT2D eigenvalue weighted by Crippen LogP contribution is -2.44. The van der Waals surface area contributed by atoms with Gasteiger partial charge in [-0.3, -0.25) is 4.79 Å². The largest absolute Gasteiger partial charge is 0.497 e. The summed E-state index contributed by atoms with van der Waals surface area (Å²) in [5.74, 6) is 0.949. The lowest BCUT2D eigenvalue weighted by atomic mass is 10.1. The Morgan fingerprint density at radius 3 is 2.76 bits per heavy atom. The smallest absolute Gasteiger partial charge is 0.224 e. The molecule has 5 heteroatoms. The van der Waals surface area contributed by atoms with Gasteiger partial charge in [0.2, 0.25) is 5.91 Å². The second kappa shape index (κ2) is 7.43. The van der Waals surface area contributed by atoms with Gasteiger partial charge in [0, 0.05) is 26.1 Å². The number of rotatable bonds is 5. The summed E-state index contributed by atoms with van der Waals surface area (Å²) in [6, 6.07) is 7.98. The second-order valence-electron chi connectivity index (χ2n) is 5.38. The molecule has 0 radical (unpaired) electrons. The van der Waals surface area contributed by atoms with Gasteiger partial charge in [0.25, 0.3) is 0 Å². The van der Waals surface area contributed by atoms with Crippen molar-refractivity contribution in [2.45, 2.75) is 25.4 Å². The van der Waals surface area contributed by atoms with E-state index >= 15 is 0 Å². The van der Waals surface area contributed by atoms with E-state index in [9.17, 15) is 4.79 Å². The molecule has 1 aromatic rings. The number of nitrogens with one attached hydrogen (secondary N) is 1. The Labute approximate surface area is 126 Å². The zero-order chi connectivity index (χ0) is 15.2. The number of carbonyl (C=O) groups is 1. The highest BCUT2D eigenvalue weighted by Gasteiger charge is 2.22. The Balaban J connectivity index is 1.93. The quantitative estimate of drug-likeness (QED) is 0.895. The first-order chi connectivity index (χ1) is 10.1. The van der Waals surface area contributed by atoms with Gasteiger partial charge in [-0.05, 0) is 24.6 Å². The maximum Gasteiger partial charge on any atom is 0.224 e. The zero-order valence-electron chi connectivity index (χ0n) is 13.0. The topological polar surface area (TPSA) is 50.8 Å². The highest BCUT2D eigenvalue weighted by atomic mass is 16.5. The molecule has 0 spiro atoms. The van der Waals surface area contributed by atoms with Crippen molar-refractivity contribution in [1.82, 2.24) is 10.2 Å². The van der Waals surface area contributed by atoms with Gasteiger partial charge >= 0.3 is 0 Å². The highest BCUT2D eigenvalue weighted by Crippen LogP contribution is 2.22. The Morgan fingerprint density at radius 2 is 2.19 bits per heavy atom. The summed E-state index contributed by atoms with van der Waals surface area (Å²) < 4.78 is 10.5. The van der Waals surface area contributed by atoms with Crippen LogP contribution in [0.3, 0.4) is 0 Å². The Kier molecular flexibility index (Phi) is 5.59. The van der Waals surface area contributed by atoms with Gasteiger partial charge < -0.3 is 19.7 Å². The van der Waals surface area contributed by atoms with E-state index < -0.39 is 0 Å². The molecule has 1 amide bonds. The summed E-state index contributed by atoms with van der Waals surface area (Å²) in [5.41, 5.74) is 1.10. The first kappa shape index (κ1) is 15.8. The number of nitrogens with zero attached hydrogens (tertiary/aromatic N) is 1. The van der Waals surface area contributed by atoms with Crippen molar-refractivity contribution in [2.75, 3.05) is 33.9 Å². The van der Waals surface area contributed by atoms with Crippen LogP contribution >= 0.6 is 0 Å². The summed E-state index contributed by atoms with van der Waals surface area (Å²) in [6.07, 6.45) is 0.469. The summed E-state index contributed by atoms with van der Waals surface area (Å²) in [4.78, 5) is 14.1. The zero-order valence-corrected chi connectivity index (χ0v) is 13.0. The lowest BCUT2D eigenvalue weighted by molar-refractivity contribution is -0.133. The molecule has 0 aliphatic carbocycles. The van der Waals surface area contributed by atoms with Crippen molar-refractivity contribution in [2.24, 2.45) is 0 Å². The first-order valence-corrected chi connectivity index (χ1v) is 7.32. The number of amides is 1. The van der Waals surface area contributed by atoms with Crippen LogP contribution in [0.1, 0.15) is 24.9 Å². The molecule has 0 bridgehead atoms. The van der Waals surface area contributed by atoms with Crippen LogP contribution in [-0.2, 0) is 9.53 Å². The van der Waals surface area contributed by atoms with Gasteiger partial charge in [0.05, 0.1) is 26.4 Å². The van der Waals surface area contributed by atoms with Gasteiger partial charge in [0.15, 0.2) is 0 Å². The van der Waals surface area contributed by atoms with E-state index in [-0.39, 0.29) is 18.0 Å². The predicted octanol–water partition coefficient (Wildman–Crippen LogP) is 1.59. The molecule has 1 N–H and O–H groups in total. The number of methoxy groups -OCH3 is 1. The van der Waals surface area contributed by atoms with Crippen LogP contribution in [0, 0.1) is 0 Å². The normalized spacial score (nSPS) is 19.9. The van der Waals surface area contributed by atoms with Crippen LogP contribution < -0.4 is 10.1 Å². The predicted molar refractivity (Wildman–Crippen MR) is 81.4 cm³/mol. The number of carbonyl (C=O) groups excluding carboxylic acids is 1. The van der Waals surface area contributed by atoms with E-state index in [1.54, 1.807) is 12.0 Å². The van der Waals surface area contributed by atoms with Crippen LogP contribution in [-0.4, -0.2) is 50.8 Å². The molecule has 21 heavy (non-hydrogen) atoms. The lowest BCUT2D eigenvalue weighted by Gasteiger charge is -2.29. The molecule has 1 aliphatic rings. The average Bonchev–Trinajstić information content (AvgIpc) is 2.54. The van der Waals surface area contributed by atoms with Crippen LogP contribution in [0.25, 0.3) is 0 Å². The van der Waals surface area contributed by atoms with Crippen LogP contribution in [0.15, 0.2) is 24.3 Å². The third-order valence-electron chi connectivity index (χ3n) is 3.99. The van der Waals surface area contributed by atoms with E-state index in [2.05, 4.69) is 5.32 Å². The molecule has 1 aromatic carbocycles. The van der Waals surface area contributed by atoms with Crippen molar-refractivity contribution in [3.05, 3.63) is 29.8 Å². The number of benzene rings is 1. The van der Waals surface area contributed by atoms with E-state index in [0.717, 1.165) is 24.5 Å². The third kappa shape index (κ3) is 4.19. The van der Waals surface area contributed by atoms with Crippen molar-refractivity contribution in [1.29, 1.82) is 0 Å². The van der Waals surface area contributed by atoms with Gasteiger partial charge in [-0.15, -0.1) is 0 Å². The third-order valence-corrected chi connectivity index (χ3v) is 3.99. The molecule has 1 fully saturated rings. The molecule has 2 atom stereocenters. The van der Waals surface area contributed by atoms with Gasteiger partial charge in [-0.1, -0.05) is 12.1 Å². The van der Waals surface area contributed by atoms with E-state index in [4.69, 9.17) is 9.47 Å². The maximum absolute atomic E-state index is 12.4. The standard InChI is InChI=1S/C16H24N2O3/c1-12(13-4-6-15(20-3)7-5-13)18(2)16(19)10-14-11-21-9-8-17-14/h4-7,12,14,17H,8-11H2,1-3H3. The van der Waals surface area contributed by atoms with Gasteiger partial charge in [-0.25, -0.2) is 0 Å². The molecule has 2 rings (SSSR count). The summed E-state index contributed by atoms with van der Waals surface area (Å²) in [5, 5.41) is 3.31. The fraction of sp³-hybridized carbons (Fsp3) is 0.562. The summed E-state index contributed by atoms with van der Waals surface area (Å²) in [7, 11) is 3.49. The minimum atomic E-state index is 0.0351. The molecule has 1 saturated heterocycles. The number of hydrogen-bond acceptors (Lipinski definition) is 4. The van der Waals surface area contributed by atoms with Crippen molar-refractivity contribution in [3.63, 3.8) is 0 Å². The second-order valence-corrected chi connectivity index (χ2v) is 5.38. The van der Waals surface area contributed by atoms with Crippen molar-refractivity contribution < 1.29 is 14.3 Å². The molecule has 0 aromatic heterocycles. The van der Waals surface area contributed by atoms with Crippen LogP contribution in [0.4, 0.5) is 0 Å². The van der Waals surface area contributed by atoms with Gasteiger partial charge in [-0.2, -0.15) is 0 Å². The van der Waals surface area contributed by atoms with Crippen LogP contribution in [0.2, 0.25) is 0 Å². The molecule has 0 saturated carbocycles. The van der Waals surface area contributed by atoms with E-state index in [1.807, 2.05) is 38.2 Å². The van der Waals surface area contributed by atoms with E-state index in [0.29, 0.717) is 13.0 Å². The monoisotopic (exact) mass is 292 g/mol.